The molecule has 0 N–H and O–H groups in total. The molecule has 0 bridgehead atoms. The van der Waals surface area contributed by atoms with Gasteiger partial charge in [0.2, 0.25) is 5.91 Å². The number of halogens is 2. The lowest BCUT2D eigenvalue weighted by molar-refractivity contribution is -0.136. The van der Waals surface area contributed by atoms with Crippen molar-refractivity contribution in [2.45, 2.75) is 51.1 Å². The van der Waals surface area contributed by atoms with E-state index in [1.807, 2.05) is 0 Å². The van der Waals surface area contributed by atoms with Gasteiger partial charge in [-0.25, -0.2) is 0 Å². The fraction of sp³-hybridized carbons (Fsp3) is 0.629. The molecule has 2 aromatic rings. The minimum Gasteiger partial charge on any atom is -0.493 e. The lowest BCUT2D eigenvalue weighted by Crippen LogP contribution is -2.49. The summed E-state index contributed by atoms with van der Waals surface area (Å²) in [5, 5.41) is 0. The quantitative estimate of drug-likeness (QED) is 0.246. The summed E-state index contributed by atoms with van der Waals surface area (Å²) < 4.78 is 22.8. The number of piperidine rings is 1. The van der Waals surface area contributed by atoms with E-state index in [1.165, 1.54) is 22.3 Å². The van der Waals surface area contributed by atoms with Crippen molar-refractivity contribution in [2.75, 3.05) is 79.5 Å². The molecule has 1 fully saturated rings. The molecular weight excluding hydrogens is 613 g/mol. The van der Waals surface area contributed by atoms with E-state index in [2.05, 4.69) is 45.9 Å². The molecular formula is C35H49Cl2N3O5. The first-order chi connectivity index (χ1) is 21.9. The number of alkyl halides is 2. The van der Waals surface area contributed by atoms with Gasteiger partial charge in [-0.15, -0.1) is 23.2 Å². The van der Waals surface area contributed by atoms with E-state index in [0.717, 1.165) is 62.4 Å². The van der Waals surface area contributed by atoms with Crippen molar-refractivity contribution in [1.82, 2.24) is 14.7 Å². The third-order valence-corrected chi connectivity index (χ3v) is 10.6. The molecule has 45 heavy (non-hydrogen) atoms. The van der Waals surface area contributed by atoms with Crippen LogP contribution in [0.4, 0.5) is 0 Å². The van der Waals surface area contributed by atoms with E-state index in [9.17, 15) is 4.79 Å². The zero-order valence-corrected chi connectivity index (χ0v) is 29.0. The van der Waals surface area contributed by atoms with E-state index in [4.69, 9.17) is 42.1 Å². The molecule has 5 rings (SSSR count). The Hall–Kier alpha value is -2.39. The van der Waals surface area contributed by atoms with Crippen LogP contribution >= 0.6 is 23.2 Å². The molecule has 0 unspecified atom stereocenters. The van der Waals surface area contributed by atoms with E-state index in [0.29, 0.717) is 61.6 Å². The predicted octanol–water partition coefficient (Wildman–Crippen LogP) is 5.96. The number of hydrogen-bond acceptors (Lipinski definition) is 7. The number of carbonyl (C=O) groups is 1. The zero-order valence-electron chi connectivity index (χ0n) is 27.5. The minimum absolute atomic E-state index is 0.0611. The maximum absolute atomic E-state index is 14.1. The summed E-state index contributed by atoms with van der Waals surface area (Å²) in [7, 11) is 6.76. The average molecular weight is 663 g/mol. The summed E-state index contributed by atoms with van der Waals surface area (Å²) in [5.74, 6) is 5.02. The second kappa shape index (κ2) is 15.5. The molecule has 248 valence electrons. The van der Waals surface area contributed by atoms with Crippen LogP contribution in [0, 0.1) is 11.8 Å². The van der Waals surface area contributed by atoms with Crippen molar-refractivity contribution in [2.24, 2.45) is 11.8 Å². The molecule has 8 nitrogen and oxygen atoms in total. The summed E-state index contributed by atoms with van der Waals surface area (Å²) in [4.78, 5) is 20.9. The first-order valence-corrected chi connectivity index (χ1v) is 17.3. The van der Waals surface area contributed by atoms with Gasteiger partial charge in [-0.2, -0.15) is 0 Å². The SMILES string of the molecule is CC[C@H]1CN2CCc3cc(OC)c(OC)cc3[C@H]2C[C@H]1C[C@H]1c2cc(OC)c(OC)cc2CCN1C(=O)CN(CCCl)CCCl. The lowest BCUT2D eigenvalue weighted by Gasteiger charge is -2.49. The summed E-state index contributed by atoms with van der Waals surface area (Å²) in [5.41, 5.74) is 5.09. The number of fused-ring (bicyclic) bond motifs is 4. The van der Waals surface area contributed by atoms with E-state index >= 15 is 0 Å². The van der Waals surface area contributed by atoms with Crippen LogP contribution in [-0.2, 0) is 17.6 Å². The molecule has 0 aromatic heterocycles. The molecule has 0 radical (unpaired) electrons. The molecule has 2 aromatic carbocycles. The predicted molar refractivity (Wildman–Crippen MR) is 180 cm³/mol. The molecule has 0 aliphatic carbocycles. The number of rotatable bonds is 13. The van der Waals surface area contributed by atoms with Gasteiger partial charge in [-0.3, -0.25) is 14.6 Å². The van der Waals surface area contributed by atoms with Crippen LogP contribution < -0.4 is 18.9 Å². The van der Waals surface area contributed by atoms with E-state index < -0.39 is 0 Å². The lowest BCUT2D eigenvalue weighted by atomic mass is 9.72. The Kier molecular flexibility index (Phi) is 11.7. The normalized spacial score (nSPS) is 22.8. The van der Waals surface area contributed by atoms with Crippen LogP contribution in [-0.4, -0.2) is 100 Å². The molecule has 4 atom stereocenters. The smallest absolute Gasteiger partial charge is 0.237 e. The number of nitrogens with zero attached hydrogens (tertiary/aromatic N) is 3. The van der Waals surface area contributed by atoms with Crippen molar-refractivity contribution in [3.63, 3.8) is 0 Å². The summed E-state index contributed by atoms with van der Waals surface area (Å²) in [6.45, 7) is 6.65. The third-order valence-electron chi connectivity index (χ3n) is 10.3. The number of ether oxygens (including phenoxy) is 4. The molecule has 1 amide bonds. The molecule has 10 heteroatoms. The second-order valence-electron chi connectivity index (χ2n) is 12.5. The highest BCUT2D eigenvalue weighted by Gasteiger charge is 2.42. The van der Waals surface area contributed by atoms with Crippen LogP contribution in [0.5, 0.6) is 23.0 Å². The summed E-state index contributed by atoms with van der Waals surface area (Å²) in [6, 6.07) is 8.82. The first kappa shape index (κ1) is 34.0. The van der Waals surface area contributed by atoms with Gasteiger partial charge >= 0.3 is 0 Å². The Morgan fingerprint density at radius 2 is 1.38 bits per heavy atom. The second-order valence-corrected chi connectivity index (χ2v) is 13.2. The maximum Gasteiger partial charge on any atom is 0.237 e. The highest BCUT2D eigenvalue weighted by molar-refractivity contribution is 6.18. The Morgan fingerprint density at radius 3 is 1.96 bits per heavy atom. The zero-order chi connectivity index (χ0) is 32.1. The highest BCUT2D eigenvalue weighted by Crippen LogP contribution is 2.49. The molecule has 0 saturated carbocycles. The molecule has 3 aliphatic heterocycles. The standard InChI is InChI=1S/C35H49Cl2N3O5/c1-6-23-21-39-11-7-24-17-31(42-2)33(44-4)19-27(24)29(39)15-26(23)16-30-28-20-34(45-5)32(43-3)18-25(28)8-12-40(30)35(41)22-38(13-9-36)14-10-37/h17-20,23,26,29-30H,6-16,21-22H2,1-5H3/t23-,26-,29+,30-/m0/s1. The van der Waals surface area contributed by atoms with Crippen molar-refractivity contribution >= 4 is 29.1 Å². The Bertz CT molecular complexity index is 1320. The van der Waals surface area contributed by atoms with Gasteiger partial charge < -0.3 is 23.8 Å². The number of benzene rings is 2. The van der Waals surface area contributed by atoms with Crippen LogP contribution in [0.15, 0.2) is 24.3 Å². The Labute approximate surface area is 278 Å². The molecule has 3 aliphatic rings. The van der Waals surface area contributed by atoms with Gasteiger partial charge in [0.05, 0.1) is 41.0 Å². The van der Waals surface area contributed by atoms with Crippen LogP contribution in [0.3, 0.4) is 0 Å². The third kappa shape index (κ3) is 7.14. The highest BCUT2D eigenvalue weighted by atomic mass is 35.5. The van der Waals surface area contributed by atoms with Gasteiger partial charge in [0.25, 0.3) is 0 Å². The maximum atomic E-state index is 14.1. The number of methoxy groups -OCH3 is 4. The number of carbonyl (C=O) groups excluding carboxylic acids is 1. The van der Waals surface area contributed by atoms with Crippen molar-refractivity contribution in [3.8, 4) is 23.0 Å². The fourth-order valence-electron chi connectivity index (χ4n) is 7.91. The van der Waals surface area contributed by atoms with Crippen LogP contribution in [0.2, 0.25) is 0 Å². The van der Waals surface area contributed by atoms with Crippen LogP contribution in [0.1, 0.15) is 60.5 Å². The van der Waals surface area contributed by atoms with Gasteiger partial charge in [0, 0.05) is 50.5 Å². The first-order valence-electron chi connectivity index (χ1n) is 16.3. The van der Waals surface area contributed by atoms with Crippen molar-refractivity contribution in [1.29, 1.82) is 0 Å². The number of hydrogen-bond donors (Lipinski definition) is 0. The topological polar surface area (TPSA) is 63.7 Å². The Morgan fingerprint density at radius 1 is 0.822 bits per heavy atom. The monoisotopic (exact) mass is 661 g/mol. The molecule has 0 spiro atoms. The van der Waals surface area contributed by atoms with E-state index in [-0.39, 0.29) is 11.9 Å². The van der Waals surface area contributed by atoms with Crippen molar-refractivity contribution < 1.29 is 23.7 Å². The molecule has 3 heterocycles. The van der Waals surface area contributed by atoms with Gasteiger partial charge in [-0.1, -0.05) is 13.3 Å². The van der Waals surface area contributed by atoms with Crippen LogP contribution in [0.25, 0.3) is 0 Å². The van der Waals surface area contributed by atoms with Gasteiger partial charge in [0.1, 0.15) is 0 Å². The van der Waals surface area contributed by atoms with Crippen molar-refractivity contribution in [3.05, 3.63) is 46.5 Å². The minimum atomic E-state index is -0.0611. The largest absolute Gasteiger partial charge is 0.493 e. The average Bonchev–Trinajstić information content (AvgIpc) is 3.06. The molecule has 1 saturated heterocycles. The van der Waals surface area contributed by atoms with Gasteiger partial charge in [0.15, 0.2) is 23.0 Å². The Balaban J connectivity index is 1.49. The fourth-order valence-corrected chi connectivity index (χ4v) is 8.39. The van der Waals surface area contributed by atoms with E-state index in [1.54, 1.807) is 28.4 Å². The number of amides is 1. The summed E-state index contributed by atoms with van der Waals surface area (Å²) in [6.07, 6.45) is 4.81. The van der Waals surface area contributed by atoms with Gasteiger partial charge in [-0.05, 0) is 84.0 Å². The summed E-state index contributed by atoms with van der Waals surface area (Å²) >= 11 is 12.2.